The zero-order valence-corrected chi connectivity index (χ0v) is 10.5. The number of aromatic nitrogens is 1. The summed E-state index contributed by atoms with van der Waals surface area (Å²) in [6.45, 7) is 2.02. The molecule has 2 aromatic heterocycles. The molecule has 0 bridgehead atoms. The summed E-state index contributed by atoms with van der Waals surface area (Å²) in [4.78, 5) is 6.30. The van der Waals surface area contributed by atoms with Crippen LogP contribution in [0.1, 0.15) is 21.6 Å². The second-order valence-electron chi connectivity index (χ2n) is 3.25. The van der Waals surface area contributed by atoms with Crippen LogP contribution in [-0.4, -0.2) is 10.1 Å². The van der Waals surface area contributed by atoms with Crippen molar-refractivity contribution in [1.29, 1.82) is 0 Å². The van der Waals surface area contributed by atoms with E-state index in [-0.39, 0.29) is 0 Å². The summed E-state index contributed by atoms with van der Waals surface area (Å²) in [7, 11) is 0. The van der Waals surface area contributed by atoms with Crippen molar-refractivity contribution in [1.82, 2.24) is 4.98 Å². The number of thiophene rings is 1. The molecular weight excluding hydrogens is 274 g/mol. The SMILES string of the molecule is Cc1ccc(C(O)c2ccc(Br)cn2)s1. The summed E-state index contributed by atoms with van der Waals surface area (Å²) < 4.78 is 0.917. The third-order valence-corrected chi connectivity index (χ3v) is 3.58. The quantitative estimate of drug-likeness (QED) is 0.918. The molecule has 0 saturated heterocycles. The molecule has 0 aromatic carbocycles. The number of halogens is 1. The summed E-state index contributed by atoms with van der Waals surface area (Å²) in [5.41, 5.74) is 0.681. The summed E-state index contributed by atoms with van der Waals surface area (Å²) in [5.74, 6) is 0. The molecule has 0 radical (unpaired) electrons. The number of aryl methyl sites for hydroxylation is 1. The van der Waals surface area contributed by atoms with E-state index in [1.165, 1.54) is 4.88 Å². The van der Waals surface area contributed by atoms with Crippen LogP contribution in [-0.2, 0) is 0 Å². The van der Waals surface area contributed by atoms with E-state index in [0.717, 1.165) is 9.35 Å². The van der Waals surface area contributed by atoms with Crippen LogP contribution in [0.4, 0.5) is 0 Å². The molecular formula is C11H10BrNOS. The third-order valence-electron chi connectivity index (χ3n) is 2.06. The van der Waals surface area contributed by atoms with Crippen molar-refractivity contribution < 1.29 is 5.11 Å². The van der Waals surface area contributed by atoms with Crippen LogP contribution in [0.15, 0.2) is 34.9 Å². The fourth-order valence-electron chi connectivity index (χ4n) is 1.30. The predicted molar refractivity (Wildman–Crippen MR) is 65.1 cm³/mol. The molecule has 0 spiro atoms. The van der Waals surface area contributed by atoms with Gasteiger partial charge in [0.2, 0.25) is 0 Å². The van der Waals surface area contributed by atoms with Crippen LogP contribution in [0.2, 0.25) is 0 Å². The maximum absolute atomic E-state index is 10.0. The van der Waals surface area contributed by atoms with Gasteiger partial charge in [-0.1, -0.05) is 0 Å². The summed E-state index contributed by atoms with van der Waals surface area (Å²) in [6.07, 6.45) is 1.08. The van der Waals surface area contributed by atoms with Crippen LogP contribution in [0, 0.1) is 6.92 Å². The van der Waals surface area contributed by atoms with E-state index in [1.54, 1.807) is 17.5 Å². The zero-order valence-electron chi connectivity index (χ0n) is 8.14. The van der Waals surface area contributed by atoms with E-state index in [9.17, 15) is 5.11 Å². The van der Waals surface area contributed by atoms with Gasteiger partial charge in [0.25, 0.3) is 0 Å². The normalized spacial score (nSPS) is 12.7. The Morgan fingerprint density at radius 2 is 2.13 bits per heavy atom. The highest BCUT2D eigenvalue weighted by atomic mass is 79.9. The molecule has 1 atom stereocenters. The van der Waals surface area contributed by atoms with Gasteiger partial charge in [-0.25, -0.2) is 0 Å². The first-order chi connectivity index (χ1) is 7.16. The first-order valence-electron chi connectivity index (χ1n) is 4.52. The molecule has 4 heteroatoms. The van der Waals surface area contributed by atoms with E-state index < -0.39 is 6.10 Å². The lowest BCUT2D eigenvalue weighted by atomic mass is 10.2. The van der Waals surface area contributed by atoms with Gasteiger partial charge in [0.15, 0.2) is 0 Å². The van der Waals surface area contributed by atoms with Crippen molar-refractivity contribution >= 4 is 27.3 Å². The zero-order chi connectivity index (χ0) is 10.8. The lowest BCUT2D eigenvalue weighted by Gasteiger charge is -2.07. The van der Waals surface area contributed by atoms with Gasteiger partial charge in [0, 0.05) is 20.4 Å². The van der Waals surface area contributed by atoms with E-state index in [1.807, 2.05) is 31.2 Å². The molecule has 2 heterocycles. The van der Waals surface area contributed by atoms with Gasteiger partial charge in [-0.2, -0.15) is 0 Å². The predicted octanol–water partition coefficient (Wildman–Crippen LogP) is 3.30. The first kappa shape index (κ1) is 10.8. The van der Waals surface area contributed by atoms with Gasteiger partial charge in [-0.05, 0) is 47.1 Å². The molecule has 2 rings (SSSR count). The number of aliphatic hydroxyl groups excluding tert-OH is 1. The second kappa shape index (κ2) is 4.43. The lowest BCUT2D eigenvalue weighted by Crippen LogP contribution is -1.99. The minimum atomic E-state index is -0.614. The van der Waals surface area contributed by atoms with Gasteiger partial charge in [-0.3, -0.25) is 4.98 Å². The number of aliphatic hydroxyl groups is 1. The maximum atomic E-state index is 10.0. The van der Waals surface area contributed by atoms with Crippen molar-refractivity contribution in [2.75, 3.05) is 0 Å². The Labute approximate surface area is 101 Å². The van der Waals surface area contributed by atoms with Crippen LogP contribution in [0.5, 0.6) is 0 Å². The topological polar surface area (TPSA) is 33.1 Å². The Balaban J connectivity index is 2.28. The van der Waals surface area contributed by atoms with E-state index in [2.05, 4.69) is 20.9 Å². The first-order valence-corrected chi connectivity index (χ1v) is 6.13. The largest absolute Gasteiger partial charge is 0.381 e. The number of nitrogens with zero attached hydrogens (tertiary/aromatic N) is 1. The Bertz CT molecular complexity index is 452. The van der Waals surface area contributed by atoms with Crippen molar-refractivity contribution in [2.45, 2.75) is 13.0 Å². The van der Waals surface area contributed by atoms with Gasteiger partial charge in [0.05, 0.1) is 5.69 Å². The Morgan fingerprint density at radius 1 is 1.33 bits per heavy atom. The van der Waals surface area contributed by atoms with Gasteiger partial charge in [0.1, 0.15) is 6.10 Å². The minimum absolute atomic E-state index is 0.614. The fraction of sp³-hybridized carbons (Fsp3) is 0.182. The average Bonchev–Trinajstić information content (AvgIpc) is 2.65. The molecule has 0 aliphatic heterocycles. The molecule has 0 amide bonds. The van der Waals surface area contributed by atoms with Crippen LogP contribution in [0.3, 0.4) is 0 Å². The van der Waals surface area contributed by atoms with Crippen LogP contribution >= 0.6 is 27.3 Å². The van der Waals surface area contributed by atoms with Crippen LogP contribution < -0.4 is 0 Å². The molecule has 0 fully saturated rings. The van der Waals surface area contributed by atoms with Crippen molar-refractivity contribution in [3.63, 3.8) is 0 Å². The Morgan fingerprint density at radius 3 is 2.67 bits per heavy atom. The Hall–Kier alpha value is -0.710. The standard InChI is InChI=1S/C11H10BrNOS/c1-7-2-5-10(15-7)11(14)9-4-3-8(12)6-13-9/h2-6,11,14H,1H3. The molecule has 1 N–H and O–H groups in total. The molecule has 78 valence electrons. The number of rotatable bonds is 2. The number of hydrogen-bond acceptors (Lipinski definition) is 3. The van der Waals surface area contributed by atoms with Gasteiger partial charge < -0.3 is 5.11 Å². The Kier molecular flexibility index (Phi) is 3.19. The smallest absolute Gasteiger partial charge is 0.130 e. The van der Waals surface area contributed by atoms with Gasteiger partial charge >= 0.3 is 0 Å². The van der Waals surface area contributed by atoms with Crippen molar-refractivity contribution in [3.05, 3.63) is 50.4 Å². The average molecular weight is 284 g/mol. The summed E-state index contributed by atoms with van der Waals surface area (Å²) >= 11 is 4.91. The molecule has 0 aliphatic carbocycles. The molecule has 1 unspecified atom stereocenters. The molecule has 15 heavy (non-hydrogen) atoms. The molecule has 0 saturated carbocycles. The molecule has 2 aromatic rings. The molecule has 0 aliphatic rings. The third kappa shape index (κ3) is 2.45. The summed E-state index contributed by atoms with van der Waals surface area (Å²) in [5, 5.41) is 10.0. The van der Waals surface area contributed by atoms with E-state index >= 15 is 0 Å². The summed E-state index contributed by atoms with van der Waals surface area (Å²) in [6, 6.07) is 7.65. The second-order valence-corrected chi connectivity index (χ2v) is 5.49. The highest BCUT2D eigenvalue weighted by Crippen LogP contribution is 2.27. The highest BCUT2D eigenvalue weighted by Gasteiger charge is 2.13. The molecule has 2 nitrogen and oxygen atoms in total. The monoisotopic (exact) mass is 283 g/mol. The minimum Gasteiger partial charge on any atom is -0.381 e. The number of hydrogen-bond donors (Lipinski definition) is 1. The van der Waals surface area contributed by atoms with E-state index in [4.69, 9.17) is 0 Å². The van der Waals surface area contributed by atoms with Gasteiger partial charge in [-0.15, -0.1) is 11.3 Å². The van der Waals surface area contributed by atoms with Crippen molar-refractivity contribution in [3.8, 4) is 0 Å². The van der Waals surface area contributed by atoms with Crippen LogP contribution in [0.25, 0.3) is 0 Å². The fourth-order valence-corrected chi connectivity index (χ4v) is 2.41. The highest BCUT2D eigenvalue weighted by molar-refractivity contribution is 9.10. The lowest BCUT2D eigenvalue weighted by molar-refractivity contribution is 0.219. The number of pyridine rings is 1. The van der Waals surface area contributed by atoms with Crippen molar-refractivity contribution in [2.24, 2.45) is 0 Å². The maximum Gasteiger partial charge on any atom is 0.130 e. The van der Waals surface area contributed by atoms with E-state index in [0.29, 0.717) is 5.69 Å².